The van der Waals surface area contributed by atoms with Crippen molar-refractivity contribution in [3.05, 3.63) is 41.5 Å². The number of β-amino-alcohol motifs (C(OH)–C–C–N with tert-alkyl or cyclic N) is 1. The number of aliphatic hydroxyl groups excluding tert-OH is 1. The van der Waals surface area contributed by atoms with Crippen LogP contribution in [0.15, 0.2) is 30.3 Å². The first-order chi connectivity index (χ1) is 14.7. The quantitative estimate of drug-likeness (QED) is 0.789. The van der Waals surface area contributed by atoms with E-state index in [1.807, 2.05) is 19.1 Å². The molecule has 158 valence electrons. The Hall–Kier alpha value is -2.89. The summed E-state index contributed by atoms with van der Waals surface area (Å²) in [5.74, 6) is 1.85. The largest absolute Gasteiger partial charge is 0.395 e. The molecule has 0 bridgehead atoms. The van der Waals surface area contributed by atoms with Crippen LogP contribution in [0.2, 0.25) is 0 Å². The smallest absolute Gasteiger partial charge is 0.151 e. The molecule has 30 heavy (non-hydrogen) atoms. The molecule has 0 unspecified atom stereocenters. The summed E-state index contributed by atoms with van der Waals surface area (Å²) < 4.78 is 0. The predicted octanol–water partition coefficient (Wildman–Crippen LogP) is 1.10. The van der Waals surface area contributed by atoms with Crippen molar-refractivity contribution in [2.45, 2.75) is 6.92 Å². The molecule has 3 heterocycles. The topological polar surface area (TPSA) is 82.8 Å². The molecule has 2 saturated heterocycles. The van der Waals surface area contributed by atoms with Crippen LogP contribution < -0.4 is 14.7 Å². The zero-order valence-electron chi connectivity index (χ0n) is 17.5. The Morgan fingerprint density at radius 3 is 1.93 bits per heavy atom. The molecule has 1 aromatic carbocycles. The standard InChI is InChI=1S/C22H29N7O/c1-18-16-20(3-2-19(18)17-23)27-10-12-29(13-11-27)22-5-4-21(24-25-22)28-8-6-26(7-9-28)14-15-30/h2-5,16,30H,6-15H2,1H3. The monoisotopic (exact) mass is 407 g/mol. The number of rotatable bonds is 5. The molecule has 2 aromatic rings. The zero-order valence-corrected chi connectivity index (χ0v) is 17.5. The van der Waals surface area contributed by atoms with Crippen LogP contribution in [0, 0.1) is 18.3 Å². The van der Waals surface area contributed by atoms with Crippen LogP contribution in [-0.2, 0) is 0 Å². The number of nitrogens with zero attached hydrogens (tertiary/aromatic N) is 7. The van der Waals surface area contributed by atoms with Gasteiger partial charge in [0.2, 0.25) is 0 Å². The summed E-state index contributed by atoms with van der Waals surface area (Å²) in [6, 6.07) is 12.4. The van der Waals surface area contributed by atoms with Crippen molar-refractivity contribution < 1.29 is 5.11 Å². The highest BCUT2D eigenvalue weighted by Crippen LogP contribution is 2.22. The third-order valence-corrected chi connectivity index (χ3v) is 6.05. The Balaban J connectivity index is 1.32. The van der Waals surface area contributed by atoms with Crippen LogP contribution in [0.25, 0.3) is 0 Å². The third-order valence-electron chi connectivity index (χ3n) is 6.05. The Morgan fingerprint density at radius 1 is 0.867 bits per heavy atom. The van der Waals surface area contributed by atoms with Gasteiger partial charge in [0.15, 0.2) is 11.6 Å². The van der Waals surface area contributed by atoms with Gasteiger partial charge in [-0.3, -0.25) is 4.90 Å². The van der Waals surface area contributed by atoms with Gasteiger partial charge in [0, 0.05) is 64.6 Å². The summed E-state index contributed by atoms with van der Waals surface area (Å²) in [6.07, 6.45) is 0. The van der Waals surface area contributed by atoms with E-state index >= 15 is 0 Å². The molecule has 2 aliphatic rings. The highest BCUT2D eigenvalue weighted by molar-refractivity contribution is 5.55. The lowest BCUT2D eigenvalue weighted by molar-refractivity contribution is 0.188. The first-order valence-corrected chi connectivity index (χ1v) is 10.6. The molecule has 0 amide bonds. The van der Waals surface area contributed by atoms with Crippen molar-refractivity contribution in [3.8, 4) is 6.07 Å². The average molecular weight is 408 g/mol. The molecular weight excluding hydrogens is 378 g/mol. The molecule has 2 fully saturated rings. The van der Waals surface area contributed by atoms with Gasteiger partial charge in [-0.15, -0.1) is 10.2 Å². The number of hydrogen-bond donors (Lipinski definition) is 1. The van der Waals surface area contributed by atoms with Gasteiger partial charge in [0.1, 0.15) is 0 Å². The van der Waals surface area contributed by atoms with Gasteiger partial charge in [-0.1, -0.05) is 0 Å². The van der Waals surface area contributed by atoms with Gasteiger partial charge >= 0.3 is 0 Å². The Labute approximate surface area is 177 Å². The predicted molar refractivity (Wildman–Crippen MR) is 118 cm³/mol. The fraction of sp³-hybridized carbons (Fsp3) is 0.500. The van der Waals surface area contributed by atoms with Gasteiger partial charge in [-0.25, -0.2) is 0 Å². The molecule has 2 aliphatic heterocycles. The first kappa shape index (κ1) is 20.4. The molecule has 0 radical (unpaired) electrons. The van der Waals surface area contributed by atoms with Gasteiger partial charge in [-0.2, -0.15) is 5.26 Å². The summed E-state index contributed by atoms with van der Waals surface area (Å²) in [7, 11) is 0. The number of nitriles is 1. The number of piperazine rings is 2. The lowest BCUT2D eigenvalue weighted by Crippen LogP contribution is -2.48. The lowest BCUT2D eigenvalue weighted by Gasteiger charge is -2.37. The van der Waals surface area contributed by atoms with E-state index in [2.05, 4.69) is 54.1 Å². The molecule has 0 aliphatic carbocycles. The molecular formula is C22H29N7O. The summed E-state index contributed by atoms with van der Waals surface area (Å²) in [4.78, 5) is 9.17. The molecule has 0 atom stereocenters. The van der Waals surface area contributed by atoms with Crippen molar-refractivity contribution in [3.63, 3.8) is 0 Å². The van der Waals surface area contributed by atoms with Gasteiger partial charge < -0.3 is 19.8 Å². The van der Waals surface area contributed by atoms with Crippen LogP contribution in [0.1, 0.15) is 11.1 Å². The third kappa shape index (κ3) is 4.48. The molecule has 8 nitrogen and oxygen atoms in total. The van der Waals surface area contributed by atoms with E-state index in [0.29, 0.717) is 0 Å². The normalized spacial score (nSPS) is 17.8. The minimum Gasteiger partial charge on any atom is -0.395 e. The fourth-order valence-electron chi connectivity index (χ4n) is 4.16. The van der Waals surface area contributed by atoms with Gasteiger partial charge in [0.25, 0.3) is 0 Å². The van der Waals surface area contributed by atoms with Crippen LogP contribution in [-0.4, -0.2) is 85.7 Å². The summed E-state index contributed by atoms with van der Waals surface area (Å²) in [5, 5.41) is 27.2. The van der Waals surface area contributed by atoms with Crippen LogP contribution in [0.5, 0.6) is 0 Å². The SMILES string of the molecule is Cc1cc(N2CCN(c3ccc(N4CCN(CCO)CC4)nn3)CC2)ccc1C#N. The first-order valence-electron chi connectivity index (χ1n) is 10.6. The van der Waals surface area contributed by atoms with Gasteiger partial charge in [0.05, 0.1) is 18.2 Å². The van der Waals surface area contributed by atoms with E-state index in [-0.39, 0.29) is 6.61 Å². The highest BCUT2D eigenvalue weighted by Gasteiger charge is 2.21. The number of benzene rings is 1. The van der Waals surface area contributed by atoms with E-state index in [0.717, 1.165) is 81.7 Å². The van der Waals surface area contributed by atoms with Crippen molar-refractivity contribution >= 4 is 17.3 Å². The van der Waals surface area contributed by atoms with Crippen molar-refractivity contribution in [1.29, 1.82) is 5.26 Å². The molecule has 4 rings (SSSR count). The Morgan fingerprint density at radius 2 is 1.43 bits per heavy atom. The molecule has 1 N–H and O–H groups in total. The highest BCUT2D eigenvalue weighted by atomic mass is 16.3. The molecule has 0 spiro atoms. The second-order valence-corrected chi connectivity index (χ2v) is 7.89. The van der Waals surface area contributed by atoms with Crippen LogP contribution >= 0.6 is 0 Å². The molecule has 0 saturated carbocycles. The summed E-state index contributed by atoms with van der Waals surface area (Å²) in [5.41, 5.74) is 2.94. The van der Waals surface area contributed by atoms with E-state index in [4.69, 9.17) is 10.4 Å². The number of hydrogen-bond acceptors (Lipinski definition) is 8. The number of aromatic nitrogens is 2. The fourth-order valence-corrected chi connectivity index (χ4v) is 4.16. The van der Waals surface area contributed by atoms with Gasteiger partial charge in [-0.05, 0) is 42.8 Å². The minimum absolute atomic E-state index is 0.215. The zero-order chi connectivity index (χ0) is 20.9. The summed E-state index contributed by atoms with van der Waals surface area (Å²) in [6.45, 7) is 10.3. The number of aryl methyl sites for hydroxylation is 1. The van der Waals surface area contributed by atoms with E-state index in [1.54, 1.807) is 0 Å². The number of anilines is 3. The van der Waals surface area contributed by atoms with E-state index in [9.17, 15) is 0 Å². The van der Waals surface area contributed by atoms with E-state index in [1.165, 1.54) is 5.69 Å². The van der Waals surface area contributed by atoms with Crippen molar-refractivity contribution in [2.75, 3.05) is 80.2 Å². The summed E-state index contributed by atoms with van der Waals surface area (Å²) >= 11 is 0. The van der Waals surface area contributed by atoms with Crippen molar-refractivity contribution in [1.82, 2.24) is 15.1 Å². The van der Waals surface area contributed by atoms with E-state index < -0.39 is 0 Å². The van der Waals surface area contributed by atoms with Crippen LogP contribution in [0.4, 0.5) is 17.3 Å². The maximum absolute atomic E-state index is 9.12. The van der Waals surface area contributed by atoms with Crippen LogP contribution in [0.3, 0.4) is 0 Å². The Bertz CT molecular complexity index is 879. The minimum atomic E-state index is 0.215. The van der Waals surface area contributed by atoms with Crippen molar-refractivity contribution in [2.24, 2.45) is 0 Å². The second-order valence-electron chi connectivity index (χ2n) is 7.89. The Kier molecular flexibility index (Phi) is 6.31. The second kappa shape index (κ2) is 9.28. The average Bonchev–Trinajstić information content (AvgIpc) is 2.80. The number of aliphatic hydroxyl groups is 1. The molecule has 1 aromatic heterocycles. The lowest BCUT2D eigenvalue weighted by atomic mass is 10.1. The maximum atomic E-state index is 9.12. The maximum Gasteiger partial charge on any atom is 0.151 e. The molecule has 8 heteroatoms.